The van der Waals surface area contributed by atoms with E-state index < -0.39 is 0 Å². The van der Waals surface area contributed by atoms with E-state index in [1.807, 2.05) is 10.7 Å². The first-order chi connectivity index (χ1) is 9.06. The van der Waals surface area contributed by atoms with E-state index in [1.165, 1.54) is 0 Å². The van der Waals surface area contributed by atoms with E-state index in [0.717, 1.165) is 18.1 Å². The average molecular weight is 280 g/mol. The summed E-state index contributed by atoms with van der Waals surface area (Å²) in [5.41, 5.74) is 6.96. The summed E-state index contributed by atoms with van der Waals surface area (Å²) in [5, 5.41) is 4.84. The highest BCUT2D eigenvalue weighted by Gasteiger charge is 2.13. The standard InChI is InChI=1S/C13H18ClN5/c1-9(2)7-19-13(17-8-18-19)5-11(15)12-4-3-10(14)6-16-12/h3-4,6,8-9,11H,5,7,15H2,1-2H3. The molecule has 2 N–H and O–H groups in total. The summed E-state index contributed by atoms with van der Waals surface area (Å²) in [6, 6.07) is 3.44. The van der Waals surface area contributed by atoms with E-state index in [-0.39, 0.29) is 6.04 Å². The van der Waals surface area contributed by atoms with Gasteiger partial charge in [-0.15, -0.1) is 0 Å². The van der Waals surface area contributed by atoms with Crippen LogP contribution in [-0.4, -0.2) is 19.7 Å². The first-order valence-electron chi connectivity index (χ1n) is 6.30. The van der Waals surface area contributed by atoms with E-state index in [1.54, 1.807) is 18.6 Å². The van der Waals surface area contributed by atoms with Crippen molar-refractivity contribution in [2.24, 2.45) is 11.7 Å². The van der Waals surface area contributed by atoms with Gasteiger partial charge in [0.05, 0.1) is 16.8 Å². The fraction of sp³-hybridized carbons (Fsp3) is 0.462. The lowest BCUT2D eigenvalue weighted by atomic mass is 10.1. The number of hydrogen-bond acceptors (Lipinski definition) is 4. The smallest absolute Gasteiger partial charge is 0.138 e. The van der Waals surface area contributed by atoms with Gasteiger partial charge in [0, 0.05) is 19.2 Å². The summed E-state index contributed by atoms with van der Waals surface area (Å²) in [6.07, 6.45) is 3.79. The third-order valence-corrected chi connectivity index (χ3v) is 2.99. The van der Waals surface area contributed by atoms with Gasteiger partial charge in [-0.2, -0.15) is 5.10 Å². The lowest BCUT2D eigenvalue weighted by Gasteiger charge is -2.13. The van der Waals surface area contributed by atoms with Crippen LogP contribution in [0.5, 0.6) is 0 Å². The Labute approximate surface area is 117 Å². The Bertz CT molecular complexity index is 520. The van der Waals surface area contributed by atoms with Crippen molar-refractivity contribution in [2.75, 3.05) is 0 Å². The van der Waals surface area contributed by atoms with Gasteiger partial charge in [0.15, 0.2) is 0 Å². The van der Waals surface area contributed by atoms with E-state index in [0.29, 0.717) is 17.4 Å². The number of nitrogens with zero attached hydrogens (tertiary/aromatic N) is 4. The van der Waals surface area contributed by atoms with Gasteiger partial charge in [-0.1, -0.05) is 25.4 Å². The maximum atomic E-state index is 6.15. The molecule has 0 amide bonds. The summed E-state index contributed by atoms with van der Waals surface area (Å²) < 4.78 is 1.90. The van der Waals surface area contributed by atoms with Gasteiger partial charge in [-0.3, -0.25) is 4.98 Å². The lowest BCUT2D eigenvalue weighted by molar-refractivity contribution is 0.458. The predicted octanol–water partition coefficient (Wildman–Crippen LogP) is 2.22. The third-order valence-electron chi connectivity index (χ3n) is 2.77. The molecule has 0 radical (unpaired) electrons. The number of nitrogens with two attached hydrogens (primary N) is 1. The molecule has 0 spiro atoms. The monoisotopic (exact) mass is 279 g/mol. The van der Waals surface area contributed by atoms with E-state index in [4.69, 9.17) is 17.3 Å². The minimum absolute atomic E-state index is 0.202. The molecule has 0 aliphatic rings. The Morgan fingerprint density at radius 3 is 2.74 bits per heavy atom. The molecule has 0 saturated carbocycles. The molecule has 0 aliphatic heterocycles. The normalized spacial score (nSPS) is 12.9. The van der Waals surface area contributed by atoms with Crippen molar-refractivity contribution in [2.45, 2.75) is 32.9 Å². The molecule has 0 bridgehead atoms. The molecule has 2 aromatic rings. The highest BCUT2D eigenvalue weighted by Crippen LogP contribution is 2.15. The second-order valence-corrected chi connectivity index (χ2v) is 5.40. The molecular weight excluding hydrogens is 262 g/mol. The van der Waals surface area contributed by atoms with Crippen LogP contribution in [-0.2, 0) is 13.0 Å². The van der Waals surface area contributed by atoms with Gasteiger partial charge in [0.25, 0.3) is 0 Å². The van der Waals surface area contributed by atoms with Gasteiger partial charge < -0.3 is 5.73 Å². The Hall–Kier alpha value is -1.46. The molecule has 102 valence electrons. The average Bonchev–Trinajstić information content (AvgIpc) is 2.76. The SMILES string of the molecule is CC(C)Cn1ncnc1CC(N)c1ccc(Cl)cn1. The van der Waals surface area contributed by atoms with Crippen LogP contribution in [0, 0.1) is 5.92 Å². The van der Waals surface area contributed by atoms with Crippen molar-refractivity contribution in [1.82, 2.24) is 19.7 Å². The van der Waals surface area contributed by atoms with Crippen molar-refractivity contribution in [3.8, 4) is 0 Å². The molecule has 0 aliphatic carbocycles. The number of rotatable bonds is 5. The minimum Gasteiger partial charge on any atom is -0.322 e. The Balaban J connectivity index is 2.08. The van der Waals surface area contributed by atoms with Crippen LogP contribution in [0.4, 0.5) is 0 Å². The van der Waals surface area contributed by atoms with Gasteiger partial charge in [-0.25, -0.2) is 9.67 Å². The van der Waals surface area contributed by atoms with Crippen LogP contribution in [0.2, 0.25) is 5.02 Å². The van der Waals surface area contributed by atoms with Crippen molar-refractivity contribution in [1.29, 1.82) is 0 Å². The molecule has 5 nitrogen and oxygen atoms in total. The molecule has 2 rings (SSSR count). The Morgan fingerprint density at radius 2 is 2.11 bits per heavy atom. The van der Waals surface area contributed by atoms with Crippen LogP contribution in [0.15, 0.2) is 24.7 Å². The van der Waals surface area contributed by atoms with Gasteiger partial charge in [0.1, 0.15) is 12.2 Å². The first kappa shape index (κ1) is 14.0. The molecule has 2 aromatic heterocycles. The largest absolute Gasteiger partial charge is 0.322 e. The maximum absolute atomic E-state index is 6.15. The quantitative estimate of drug-likeness (QED) is 0.911. The first-order valence-corrected chi connectivity index (χ1v) is 6.67. The number of aromatic nitrogens is 4. The summed E-state index contributed by atoms with van der Waals surface area (Å²) in [4.78, 5) is 8.51. The van der Waals surface area contributed by atoms with Crippen LogP contribution in [0.3, 0.4) is 0 Å². The Kier molecular flexibility index (Phi) is 4.50. The third kappa shape index (κ3) is 3.75. The Morgan fingerprint density at radius 1 is 1.32 bits per heavy atom. The molecule has 19 heavy (non-hydrogen) atoms. The van der Waals surface area contributed by atoms with Crippen molar-refractivity contribution < 1.29 is 0 Å². The second-order valence-electron chi connectivity index (χ2n) is 4.96. The summed E-state index contributed by atoms with van der Waals surface area (Å²) >= 11 is 5.81. The summed E-state index contributed by atoms with van der Waals surface area (Å²) in [7, 11) is 0. The zero-order chi connectivity index (χ0) is 13.8. The molecule has 2 heterocycles. The topological polar surface area (TPSA) is 69.6 Å². The van der Waals surface area contributed by atoms with Crippen LogP contribution >= 0.6 is 11.6 Å². The van der Waals surface area contributed by atoms with Gasteiger partial charge >= 0.3 is 0 Å². The summed E-state index contributed by atoms with van der Waals surface area (Å²) in [6.45, 7) is 5.13. The van der Waals surface area contributed by atoms with Crippen LogP contribution < -0.4 is 5.73 Å². The molecule has 1 atom stereocenters. The molecule has 0 fully saturated rings. The molecule has 0 saturated heterocycles. The van der Waals surface area contributed by atoms with Crippen molar-refractivity contribution >= 4 is 11.6 Å². The molecule has 0 aromatic carbocycles. The van der Waals surface area contributed by atoms with Crippen LogP contribution in [0.1, 0.15) is 31.4 Å². The summed E-state index contributed by atoms with van der Waals surface area (Å²) in [5.74, 6) is 1.41. The molecule has 1 unspecified atom stereocenters. The second kappa shape index (κ2) is 6.12. The highest BCUT2D eigenvalue weighted by atomic mass is 35.5. The number of pyridine rings is 1. The van der Waals surface area contributed by atoms with Crippen molar-refractivity contribution in [3.63, 3.8) is 0 Å². The maximum Gasteiger partial charge on any atom is 0.138 e. The van der Waals surface area contributed by atoms with Crippen molar-refractivity contribution in [3.05, 3.63) is 41.2 Å². The zero-order valence-electron chi connectivity index (χ0n) is 11.1. The van der Waals surface area contributed by atoms with Gasteiger partial charge in [0.2, 0.25) is 0 Å². The van der Waals surface area contributed by atoms with Crippen LogP contribution in [0.25, 0.3) is 0 Å². The highest BCUT2D eigenvalue weighted by molar-refractivity contribution is 6.30. The molecular formula is C13H18ClN5. The van der Waals surface area contributed by atoms with E-state index >= 15 is 0 Å². The number of hydrogen-bond donors (Lipinski definition) is 1. The molecule has 6 heteroatoms. The van der Waals surface area contributed by atoms with Gasteiger partial charge in [-0.05, 0) is 18.1 Å². The van der Waals surface area contributed by atoms with E-state index in [2.05, 4.69) is 28.9 Å². The zero-order valence-corrected chi connectivity index (χ0v) is 11.9. The lowest BCUT2D eigenvalue weighted by Crippen LogP contribution is -2.19. The van der Waals surface area contributed by atoms with E-state index in [9.17, 15) is 0 Å². The fourth-order valence-corrected chi connectivity index (χ4v) is 1.96. The number of halogens is 1. The predicted molar refractivity (Wildman–Crippen MR) is 74.7 cm³/mol. The minimum atomic E-state index is -0.202. The fourth-order valence-electron chi connectivity index (χ4n) is 1.85.